The van der Waals surface area contributed by atoms with Gasteiger partial charge in [-0.2, -0.15) is 5.26 Å². The van der Waals surface area contributed by atoms with Gasteiger partial charge in [-0.05, 0) is 57.0 Å². The SMILES string of the molecule is CC.CCCn1c(-c2ccc(NC(=O)OC(C)C)cc2)c(C#N)c2ccc(OCC)cc21. The number of rotatable bonds is 7. The largest absolute Gasteiger partial charge is 0.494 e. The Kier molecular flexibility index (Phi) is 9.15. The molecular weight excluding hydrogens is 402 g/mol. The van der Waals surface area contributed by atoms with Crippen LogP contribution in [0.3, 0.4) is 0 Å². The van der Waals surface area contributed by atoms with Crippen LogP contribution in [0.15, 0.2) is 42.5 Å². The molecule has 3 aromatic rings. The summed E-state index contributed by atoms with van der Waals surface area (Å²) in [6, 6.07) is 15.7. The summed E-state index contributed by atoms with van der Waals surface area (Å²) in [5, 5.41) is 13.5. The fourth-order valence-electron chi connectivity index (χ4n) is 3.53. The molecule has 0 spiro atoms. The first kappa shape index (κ1) is 24.8. The molecule has 0 atom stereocenters. The van der Waals surface area contributed by atoms with Crippen LogP contribution in [0.1, 0.15) is 53.5 Å². The number of nitriles is 1. The number of nitrogens with one attached hydrogen (secondary N) is 1. The van der Waals surface area contributed by atoms with E-state index in [9.17, 15) is 10.1 Å². The summed E-state index contributed by atoms with van der Waals surface area (Å²) in [7, 11) is 0. The normalized spacial score (nSPS) is 10.3. The van der Waals surface area contributed by atoms with Crippen LogP contribution in [0.2, 0.25) is 0 Å². The minimum Gasteiger partial charge on any atom is -0.494 e. The smallest absolute Gasteiger partial charge is 0.411 e. The van der Waals surface area contributed by atoms with Crippen molar-refractivity contribution in [3.63, 3.8) is 0 Å². The Balaban J connectivity index is 0.00000176. The average Bonchev–Trinajstić information content (AvgIpc) is 3.08. The molecule has 1 amide bonds. The maximum absolute atomic E-state index is 11.8. The molecule has 0 unspecified atom stereocenters. The number of hydrogen-bond acceptors (Lipinski definition) is 4. The minimum atomic E-state index is -0.487. The van der Waals surface area contributed by atoms with E-state index in [0.717, 1.165) is 40.9 Å². The summed E-state index contributed by atoms with van der Waals surface area (Å²) >= 11 is 0. The van der Waals surface area contributed by atoms with Crippen LogP contribution < -0.4 is 10.1 Å². The lowest BCUT2D eigenvalue weighted by atomic mass is 10.1. The first-order valence-corrected chi connectivity index (χ1v) is 11.3. The Morgan fingerprint density at radius 3 is 2.38 bits per heavy atom. The van der Waals surface area contributed by atoms with Gasteiger partial charge in [-0.15, -0.1) is 0 Å². The van der Waals surface area contributed by atoms with Crippen molar-refractivity contribution in [1.82, 2.24) is 4.57 Å². The molecule has 0 aliphatic carbocycles. The number of hydrogen-bond donors (Lipinski definition) is 1. The molecule has 0 bridgehead atoms. The number of fused-ring (bicyclic) bond motifs is 1. The lowest BCUT2D eigenvalue weighted by Gasteiger charge is -2.12. The Bertz CT molecular complexity index is 1080. The molecule has 3 rings (SSSR count). The molecular formula is C26H33N3O3. The van der Waals surface area contributed by atoms with Crippen molar-refractivity contribution in [2.75, 3.05) is 11.9 Å². The molecule has 170 valence electrons. The molecule has 32 heavy (non-hydrogen) atoms. The number of amides is 1. The van der Waals surface area contributed by atoms with Gasteiger partial charge in [0, 0.05) is 23.7 Å². The zero-order chi connectivity index (χ0) is 23.7. The van der Waals surface area contributed by atoms with E-state index in [1.807, 2.05) is 63.2 Å². The number of nitrogens with zero attached hydrogens (tertiary/aromatic N) is 2. The van der Waals surface area contributed by atoms with Crippen LogP contribution in [0, 0.1) is 11.3 Å². The van der Waals surface area contributed by atoms with Crippen LogP contribution in [-0.2, 0) is 11.3 Å². The topological polar surface area (TPSA) is 76.3 Å². The van der Waals surface area contributed by atoms with Crippen molar-refractivity contribution < 1.29 is 14.3 Å². The molecule has 0 radical (unpaired) electrons. The maximum Gasteiger partial charge on any atom is 0.411 e. The highest BCUT2D eigenvalue weighted by atomic mass is 16.6. The number of ether oxygens (including phenoxy) is 2. The van der Waals surface area contributed by atoms with Crippen molar-refractivity contribution in [1.29, 1.82) is 5.26 Å². The molecule has 0 aliphatic rings. The van der Waals surface area contributed by atoms with E-state index in [4.69, 9.17) is 9.47 Å². The van der Waals surface area contributed by atoms with Gasteiger partial charge in [0.05, 0.1) is 29.5 Å². The van der Waals surface area contributed by atoms with Gasteiger partial charge in [0.25, 0.3) is 0 Å². The number of benzene rings is 2. The van der Waals surface area contributed by atoms with E-state index in [1.165, 1.54) is 0 Å². The monoisotopic (exact) mass is 435 g/mol. The molecule has 2 aromatic carbocycles. The van der Waals surface area contributed by atoms with Gasteiger partial charge in [0.1, 0.15) is 11.8 Å². The molecule has 1 heterocycles. The summed E-state index contributed by atoms with van der Waals surface area (Å²) in [4.78, 5) is 11.8. The lowest BCUT2D eigenvalue weighted by molar-refractivity contribution is 0.130. The van der Waals surface area contributed by atoms with Crippen LogP contribution in [0.25, 0.3) is 22.2 Å². The predicted octanol–water partition coefficient (Wildman–Crippen LogP) is 6.97. The van der Waals surface area contributed by atoms with E-state index in [2.05, 4.69) is 22.9 Å². The second-order valence-electron chi connectivity index (χ2n) is 7.26. The summed E-state index contributed by atoms with van der Waals surface area (Å²) < 4.78 is 13.0. The fraction of sp³-hybridized carbons (Fsp3) is 0.385. The average molecular weight is 436 g/mol. The number of carbonyl (C=O) groups is 1. The molecule has 0 saturated heterocycles. The number of anilines is 1. The standard InChI is InChI=1S/C24H27N3O3.C2H6/c1-5-13-27-22-14-19(29-6-2)11-12-20(22)21(15-25)23(27)17-7-9-18(10-8-17)26-24(28)30-16(3)4;1-2/h7-12,14,16H,5-6,13H2,1-4H3,(H,26,28);1-2H3. The molecule has 1 aromatic heterocycles. The van der Waals surface area contributed by atoms with Gasteiger partial charge in [-0.1, -0.05) is 32.9 Å². The lowest BCUT2D eigenvalue weighted by Crippen LogP contribution is -2.17. The van der Waals surface area contributed by atoms with Crippen LogP contribution in [-0.4, -0.2) is 23.4 Å². The van der Waals surface area contributed by atoms with Gasteiger partial charge < -0.3 is 14.0 Å². The molecule has 0 fully saturated rings. The van der Waals surface area contributed by atoms with E-state index >= 15 is 0 Å². The molecule has 0 aliphatic heterocycles. The molecule has 0 saturated carbocycles. The summed E-state index contributed by atoms with van der Waals surface area (Å²) in [6.07, 6.45) is 0.258. The van der Waals surface area contributed by atoms with E-state index in [0.29, 0.717) is 17.9 Å². The Hall–Kier alpha value is -3.46. The third kappa shape index (κ3) is 5.61. The van der Waals surface area contributed by atoms with Gasteiger partial charge in [-0.25, -0.2) is 4.79 Å². The zero-order valence-electron chi connectivity index (χ0n) is 19.9. The molecule has 1 N–H and O–H groups in total. The summed E-state index contributed by atoms with van der Waals surface area (Å²) in [5.41, 5.74) is 4.05. The third-order valence-electron chi connectivity index (χ3n) is 4.65. The summed E-state index contributed by atoms with van der Waals surface area (Å²) in [6.45, 7) is 13.0. The highest BCUT2D eigenvalue weighted by Gasteiger charge is 2.19. The van der Waals surface area contributed by atoms with Crippen LogP contribution >= 0.6 is 0 Å². The van der Waals surface area contributed by atoms with Crippen LogP contribution in [0.5, 0.6) is 5.75 Å². The Morgan fingerprint density at radius 2 is 1.81 bits per heavy atom. The van der Waals surface area contributed by atoms with Gasteiger partial charge >= 0.3 is 6.09 Å². The van der Waals surface area contributed by atoms with Crippen molar-refractivity contribution in [3.05, 3.63) is 48.0 Å². The van der Waals surface area contributed by atoms with Gasteiger partial charge in [0.2, 0.25) is 0 Å². The van der Waals surface area contributed by atoms with Crippen molar-refractivity contribution >= 4 is 22.7 Å². The molecule has 6 heteroatoms. The van der Waals surface area contributed by atoms with E-state index in [1.54, 1.807) is 13.8 Å². The van der Waals surface area contributed by atoms with Gasteiger partial charge in [0.15, 0.2) is 0 Å². The number of carbonyl (C=O) groups excluding carboxylic acids is 1. The highest BCUT2D eigenvalue weighted by molar-refractivity contribution is 5.95. The molecule has 6 nitrogen and oxygen atoms in total. The van der Waals surface area contributed by atoms with E-state index < -0.39 is 6.09 Å². The van der Waals surface area contributed by atoms with Crippen molar-refractivity contribution in [3.8, 4) is 23.1 Å². The second kappa shape index (κ2) is 11.8. The minimum absolute atomic E-state index is 0.186. The highest BCUT2D eigenvalue weighted by Crippen LogP contribution is 2.36. The Morgan fingerprint density at radius 1 is 1.12 bits per heavy atom. The number of aryl methyl sites for hydroxylation is 1. The fourth-order valence-corrected chi connectivity index (χ4v) is 3.53. The first-order chi connectivity index (χ1) is 15.5. The Labute approximate surface area is 190 Å². The maximum atomic E-state index is 11.8. The van der Waals surface area contributed by atoms with E-state index in [-0.39, 0.29) is 6.10 Å². The van der Waals surface area contributed by atoms with Crippen molar-refractivity contribution in [2.45, 2.75) is 60.6 Å². The first-order valence-electron chi connectivity index (χ1n) is 11.3. The third-order valence-corrected chi connectivity index (χ3v) is 4.65. The van der Waals surface area contributed by atoms with Crippen LogP contribution in [0.4, 0.5) is 10.5 Å². The predicted molar refractivity (Wildman–Crippen MR) is 130 cm³/mol. The zero-order valence-corrected chi connectivity index (χ0v) is 19.9. The second-order valence-corrected chi connectivity index (χ2v) is 7.26. The van der Waals surface area contributed by atoms with Crippen molar-refractivity contribution in [2.24, 2.45) is 0 Å². The number of aromatic nitrogens is 1. The van der Waals surface area contributed by atoms with Gasteiger partial charge in [-0.3, -0.25) is 5.32 Å². The summed E-state index contributed by atoms with van der Waals surface area (Å²) in [5.74, 6) is 0.791. The quantitative estimate of drug-likeness (QED) is 0.435.